The first-order chi connectivity index (χ1) is 10.6. The Hall–Kier alpha value is -1.55. The summed E-state index contributed by atoms with van der Waals surface area (Å²) in [6.45, 7) is 0. The van der Waals surface area contributed by atoms with Crippen molar-refractivity contribution in [1.29, 1.82) is 0 Å². The highest BCUT2D eigenvalue weighted by molar-refractivity contribution is 5.90. The number of carbonyl (C=O) groups excluding carboxylic acids is 1. The number of ether oxygens (including phenoxy) is 2. The van der Waals surface area contributed by atoms with Crippen LogP contribution >= 0.6 is 0 Å². The van der Waals surface area contributed by atoms with Gasteiger partial charge in [0.1, 0.15) is 0 Å². The van der Waals surface area contributed by atoms with E-state index >= 15 is 0 Å². The molecule has 114 valence electrons. The number of fused-ring (bicyclic) bond motifs is 1. The minimum atomic E-state index is -0.769. The van der Waals surface area contributed by atoms with E-state index in [0.717, 1.165) is 30.6 Å². The Bertz CT molecular complexity index is 771. The normalized spacial score (nSPS) is 48.5. The number of rotatable bonds is 1. The lowest BCUT2D eigenvalue weighted by atomic mass is 9.55. The molecule has 1 N–H and O–H groups in total. The second-order valence-electron chi connectivity index (χ2n) is 7.96. The largest absolute Gasteiger partial charge is 0.493 e. The van der Waals surface area contributed by atoms with E-state index < -0.39 is 17.1 Å². The Morgan fingerprint density at radius 3 is 3.09 bits per heavy atom. The van der Waals surface area contributed by atoms with Crippen molar-refractivity contribution in [2.24, 2.45) is 11.3 Å². The third-order valence-electron chi connectivity index (χ3n) is 7.31. The molecule has 4 nitrogen and oxygen atoms in total. The zero-order valence-corrected chi connectivity index (χ0v) is 12.5. The Labute approximate surface area is 128 Å². The number of aliphatic hydroxyl groups is 1. The molecule has 4 aliphatic carbocycles. The molecule has 3 saturated carbocycles. The average Bonchev–Trinajstić information content (AvgIpc) is 3.01. The standard InChI is InChI=1S/C18H18O4/c1-21-11-3-2-9-6-16-7-12(16)18(20)5-4-10(19)15-17(18,8-16)13(9)14(11)22-15/h2-3,12,15,20H,4-8H2,1H3/t12-,15?,16?,17+,18-/m1/s1. The Balaban J connectivity index is 1.73. The Morgan fingerprint density at radius 2 is 2.27 bits per heavy atom. The monoisotopic (exact) mass is 298 g/mol. The van der Waals surface area contributed by atoms with Gasteiger partial charge >= 0.3 is 0 Å². The highest BCUT2D eigenvalue weighted by Crippen LogP contribution is 2.82. The van der Waals surface area contributed by atoms with Crippen LogP contribution in [0.1, 0.15) is 36.8 Å². The van der Waals surface area contributed by atoms with Crippen LogP contribution in [0.15, 0.2) is 12.1 Å². The summed E-state index contributed by atoms with van der Waals surface area (Å²) >= 11 is 0. The topological polar surface area (TPSA) is 55.8 Å². The number of benzene rings is 1. The molecule has 22 heavy (non-hydrogen) atoms. The van der Waals surface area contributed by atoms with E-state index in [1.807, 2.05) is 6.07 Å². The number of hydrogen-bond acceptors (Lipinski definition) is 4. The lowest BCUT2D eigenvalue weighted by Gasteiger charge is -2.49. The highest BCUT2D eigenvalue weighted by Gasteiger charge is 2.85. The average molecular weight is 298 g/mol. The summed E-state index contributed by atoms with van der Waals surface area (Å²) in [5.41, 5.74) is 1.28. The zero-order valence-electron chi connectivity index (χ0n) is 12.5. The van der Waals surface area contributed by atoms with Crippen molar-refractivity contribution in [3.05, 3.63) is 23.3 Å². The molecule has 2 spiro atoms. The third-order valence-corrected chi connectivity index (χ3v) is 7.31. The van der Waals surface area contributed by atoms with Crippen LogP contribution in [0.5, 0.6) is 11.5 Å². The van der Waals surface area contributed by atoms with Crippen molar-refractivity contribution in [3.8, 4) is 11.5 Å². The first-order valence-corrected chi connectivity index (χ1v) is 8.18. The van der Waals surface area contributed by atoms with Crippen LogP contribution in [-0.2, 0) is 16.6 Å². The van der Waals surface area contributed by atoms with Crippen molar-refractivity contribution >= 4 is 5.78 Å². The molecule has 1 aromatic carbocycles. The van der Waals surface area contributed by atoms with E-state index in [1.54, 1.807) is 7.11 Å². The van der Waals surface area contributed by atoms with Crippen molar-refractivity contribution < 1.29 is 19.4 Å². The molecular formula is C18H18O4. The predicted octanol–water partition coefficient (Wildman–Crippen LogP) is 1.75. The van der Waals surface area contributed by atoms with Crippen molar-refractivity contribution in [1.82, 2.24) is 0 Å². The van der Waals surface area contributed by atoms with Crippen LogP contribution < -0.4 is 9.47 Å². The van der Waals surface area contributed by atoms with E-state index in [9.17, 15) is 9.90 Å². The van der Waals surface area contributed by atoms with Crippen LogP contribution in [0.25, 0.3) is 0 Å². The van der Waals surface area contributed by atoms with Crippen LogP contribution in [0.3, 0.4) is 0 Å². The molecule has 1 aromatic rings. The van der Waals surface area contributed by atoms with Gasteiger partial charge in [0.25, 0.3) is 0 Å². The molecular weight excluding hydrogens is 280 g/mol. The van der Waals surface area contributed by atoms with Crippen LogP contribution in [-0.4, -0.2) is 29.7 Å². The summed E-state index contributed by atoms with van der Waals surface area (Å²) in [5.74, 6) is 1.89. The molecule has 0 aromatic heterocycles. The van der Waals surface area contributed by atoms with Gasteiger partial charge < -0.3 is 14.6 Å². The van der Waals surface area contributed by atoms with E-state index in [2.05, 4.69) is 6.07 Å². The van der Waals surface area contributed by atoms with Gasteiger partial charge in [-0.3, -0.25) is 4.79 Å². The van der Waals surface area contributed by atoms with Crippen LogP contribution in [0.2, 0.25) is 0 Å². The van der Waals surface area contributed by atoms with Gasteiger partial charge in [-0.1, -0.05) is 6.07 Å². The lowest BCUT2D eigenvalue weighted by Crippen LogP contribution is -2.62. The minimum Gasteiger partial charge on any atom is -0.493 e. The first-order valence-electron chi connectivity index (χ1n) is 8.18. The molecule has 2 unspecified atom stereocenters. The maximum Gasteiger partial charge on any atom is 0.174 e. The molecule has 6 rings (SSSR count). The summed E-state index contributed by atoms with van der Waals surface area (Å²) in [5, 5.41) is 11.6. The fourth-order valence-corrected chi connectivity index (χ4v) is 6.55. The fourth-order valence-electron chi connectivity index (χ4n) is 6.55. The predicted molar refractivity (Wildman–Crippen MR) is 77.1 cm³/mol. The second kappa shape index (κ2) is 3.07. The van der Waals surface area contributed by atoms with Gasteiger partial charge in [0.15, 0.2) is 23.4 Å². The van der Waals surface area contributed by atoms with E-state index in [4.69, 9.17) is 9.47 Å². The molecule has 2 bridgehead atoms. The first kappa shape index (κ1) is 11.9. The van der Waals surface area contributed by atoms with Crippen molar-refractivity contribution in [3.63, 3.8) is 0 Å². The number of hydrogen-bond donors (Lipinski definition) is 1. The Kier molecular flexibility index (Phi) is 1.67. The molecule has 0 amide bonds. The van der Waals surface area contributed by atoms with Crippen LogP contribution in [0.4, 0.5) is 0 Å². The maximum atomic E-state index is 12.6. The summed E-state index contributed by atoms with van der Waals surface area (Å²) in [6.07, 6.45) is 3.53. The van der Waals surface area contributed by atoms with Gasteiger partial charge in [-0.05, 0) is 48.6 Å². The van der Waals surface area contributed by atoms with E-state index in [1.165, 1.54) is 5.56 Å². The Morgan fingerprint density at radius 1 is 1.41 bits per heavy atom. The third kappa shape index (κ3) is 0.913. The molecule has 5 atom stereocenters. The second-order valence-corrected chi connectivity index (χ2v) is 7.96. The smallest absolute Gasteiger partial charge is 0.174 e. The summed E-state index contributed by atoms with van der Waals surface area (Å²) < 4.78 is 11.6. The van der Waals surface area contributed by atoms with E-state index in [-0.39, 0.29) is 11.2 Å². The summed E-state index contributed by atoms with van der Waals surface area (Å²) in [7, 11) is 1.63. The molecule has 4 heteroatoms. The molecule has 0 radical (unpaired) electrons. The fraction of sp³-hybridized carbons (Fsp3) is 0.611. The minimum absolute atomic E-state index is 0.146. The van der Waals surface area contributed by atoms with E-state index in [0.29, 0.717) is 24.5 Å². The number of methoxy groups -OCH3 is 1. The quantitative estimate of drug-likeness (QED) is 0.858. The zero-order chi connectivity index (χ0) is 14.9. The number of ketones is 1. The molecule has 3 fully saturated rings. The van der Waals surface area contributed by atoms with Gasteiger partial charge in [-0.2, -0.15) is 0 Å². The number of Topliss-reactive ketones (excluding diaryl/α,β-unsaturated/α-hetero) is 1. The molecule has 1 heterocycles. The highest BCUT2D eigenvalue weighted by atomic mass is 16.5. The van der Waals surface area contributed by atoms with Gasteiger partial charge in [0, 0.05) is 12.0 Å². The maximum absolute atomic E-state index is 12.6. The van der Waals surface area contributed by atoms with Gasteiger partial charge in [0.2, 0.25) is 0 Å². The molecule has 1 aliphatic heterocycles. The van der Waals surface area contributed by atoms with Crippen molar-refractivity contribution in [2.45, 2.75) is 49.2 Å². The summed E-state index contributed by atoms with van der Waals surface area (Å²) in [6, 6.07) is 4.07. The number of carbonyl (C=O) groups is 1. The lowest BCUT2D eigenvalue weighted by molar-refractivity contribution is -0.149. The van der Waals surface area contributed by atoms with Gasteiger partial charge in [-0.25, -0.2) is 0 Å². The molecule has 5 aliphatic rings. The van der Waals surface area contributed by atoms with Gasteiger partial charge in [0.05, 0.1) is 18.1 Å². The van der Waals surface area contributed by atoms with Crippen molar-refractivity contribution in [2.75, 3.05) is 7.11 Å². The summed E-state index contributed by atoms with van der Waals surface area (Å²) in [4.78, 5) is 12.6. The SMILES string of the molecule is COc1ccc2c3c1OC1C(=O)CC[C@@]4(O)[C@@H]5CC5(C2)C[C@]314. The van der Waals surface area contributed by atoms with Crippen LogP contribution in [0, 0.1) is 11.3 Å². The molecule has 0 saturated heterocycles. The van der Waals surface area contributed by atoms with Gasteiger partial charge in [-0.15, -0.1) is 0 Å².